The zero-order valence-corrected chi connectivity index (χ0v) is 19.2. The molecule has 7 atom stereocenters. The molecule has 1 saturated heterocycles. The van der Waals surface area contributed by atoms with Crippen molar-refractivity contribution in [3.8, 4) is 0 Å². The number of imide groups is 1. The van der Waals surface area contributed by atoms with Crippen LogP contribution in [-0.2, 0) is 14.4 Å². The number of hydrogen-bond donors (Lipinski definition) is 1. The smallest absolute Gasteiger partial charge is 0.247 e. The Labute approximate surface area is 182 Å². The van der Waals surface area contributed by atoms with Crippen molar-refractivity contribution in [2.24, 2.45) is 23.7 Å². The Balaban J connectivity index is 1.53. The first-order valence-corrected chi connectivity index (χ1v) is 11.4. The highest BCUT2D eigenvalue weighted by Crippen LogP contribution is 2.60. The van der Waals surface area contributed by atoms with Crippen LogP contribution in [0.2, 0.25) is 0 Å². The second kappa shape index (κ2) is 6.84. The van der Waals surface area contributed by atoms with E-state index in [0.29, 0.717) is 5.69 Å². The van der Waals surface area contributed by atoms with Crippen molar-refractivity contribution < 1.29 is 14.4 Å². The average Bonchev–Trinajstić information content (AvgIpc) is 3.21. The number of hydrogen-bond acceptors (Lipinski definition) is 3. The van der Waals surface area contributed by atoms with Gasteiger partial charge in [0.25, 0.3) is 0 Å². The largest absolute Gasteiger partial charge is 0.324 e. The lowest BCUT2D eigenvalue weighted by molar-refractivity contribution is -0.146. The van der Waals surface area contributed by atoms with Crippen molar-refractivity contribution in [2.75, 3.05) is 5.32 Å². The van der Waals surface area contributed by atoms with Crippen LogP contribution < -0.4 is 5.32 Å². The second-order valence-electron chi connectivity index (χ2n) is 7.22. The Kier molecular flexibility index (Phi) is 4.97. The number of nitrogens with one attached hydrogen (secondary N) is 1. The summed E-state index contributed by atoms with van der Waals surface area (Å²) in [5, 5.41) is 2.80. The summed E-state index contributed by atoms with van der Waals surface area (Å²) < 4.78 is 1.07. The highest BCUT2D eigenvalue weighted by molar-refractivity contribution is 14.1. The summed E-state index contributed by atoms with van der Waals surface area (Å²) in [5.74, 6) is -1.00. The molecule has 2 aliphatic carbocycles. The van der Waals surface area contributed by atoms with Crippen LogP contribution >= 0.6 is 54.5 Å². The molecule has 2 bridgehead atoms. The first-order valence-electron chi connectivity index (χ1n) is 8.52. The minimum atomic E-state index is -0.818. The topological polar surface area (TPSA) is 66.5 Å². The van der Waals surface area contributed by atoms with Crippen molar-refractivity contribution in [1.82, 2.24) is 4.90 Å². The van der Waals surface area contributed by atoms with Gasteiger partial charge in [-0.1, -0.05) is 31.9 Å². The zero-order valence-electron chi connectivity index (χ0n) is 13.9. The number of amides is 3. The summed E-state index contributed by atoms with van der Waals surface area (Å²) in [6.07, 6.45) is 0.885. The molecule has 138 valence electrons. The number of halogens is 3. The van der Waals surface area contributed by atoms with E-state index in [1.54, 1.807) is 19.1 Å². The van der Waals surface area contributed by atoms with Gasteiger partial charge in [0.15, 0.2) is 0 Å². The highest BCUT2D eigenvalue weighted by Gasteiger charge is 2.67. The minimum absolute atomic E-state index is 0.155. The van der Waals surface area contributed by atoms with Gasteiger partial charge in [-0.3, -0.25) is 19.3 Å². The molecular formula is C18H17Br2IN2O3. The third-order valence-electron chi connectivity index (χ3n) is 5.90. The Morgan fingerprint density at radius 2 is 1.62 bits per heavy atom. The summed E-state index contributed by atoms with van der Waals surface area (Å²) in [7, 11) is 0. The number of carbonyl (C=O) groups is 3. The summed E-state index contributed by atoms with van der Waals surface area (Å²) >= 11 is 9.53. The lowest BCUT2D eigenvalue weighted by Crippen LogP contribution is -2.46. The van der Waals surface area contributed by atoms with Crippen molar-refractivity contribution in [3.63, 3.8) is 0 Å². The predicted octanol–water partition coefficient (Wildman–Crippen LogP) is 3.40. The van der Waals surface area contributed by atoms with E-state index in [2.05, 4.69) is 59.8 Å². The Bertz CT molecular complexity index is 755. The molecule has 1 heterocycles. The van der Waals surface area contributed by atoms with Gasteiger partial charge in [0, 0.05) is 18.9 Å². The van der Waals surface area contributed by atoms with E-state index in [4.69, 9.17) is 0 Å². The van der Waals surface area contributed by atoms with E-state index < -0.39 is 6.04 Å². The third kappa shape index (κ3) is 2.78. The van der Waals surface area contributed by atoms with E-state index in [-0.39, 0.29) is 51.0 Å². The molecule has 3 amide bonds. The molecule has 8 heteroatoms. The molecule has 3 aliphatic rings. The van der Waals surface area contributed by atoms with Gasteiger partial charge in [0.05, 0.1) is 11.8 Å². The predicted molar refractivity (Wildman–Crippen MR) is 113 cm³/mol. The van der Waals surface area contributed by atoms with Crippen LogP contribution in [0.1, 0.15) is 13.3 Å². The summed E-state index contributed by atoms with van der Waals surface area (Å²) in [6, 6.07) is 6.57. The number of alkyl halides is 2. The van der Waals surface area contributed by atoms with E-state index in [1.807, 2.05) is 12.1 Å². The molecule has 2 saturated carbocycles. The van der Waals surface area contributed by atoms with Gasteiger partial charge < -0.3 is 5.32 Å². The SMILES string of the molecule is C[C@H](C(=O)Nc1ccc(I)cc1)N1C(=O)[C@@H]2[C@H]3C[C@@H]([C@@H](Br)[C@H]3Br)[C@H]2C1=O. The third-order valence-corrected chi connectivity index (χ3v) is 9.83. The summed E-state index contributed by atoms with van der Waals surface area (Å²) in [4.78, 5) is 40.2. The van der Waals surface area contributed by atoms with Crippen molar-refractivity contribution in [1.29, 1.82) is 0 Å². The average molecular weight is 596 g/mol. The van der Waals surface area contributed by atoms with Gasteiger partial charge >= 0.3 is 0 Å². The molecule has 1 aromatic rings. The summed E-state index contributed by atoms with van der Waals surface area (Å²) in [6.45, 7) is 1.62. The molecule has 0 spiro atoms. The Hall–Kier alpha value is -0.480. The second-order valence-corrected chi connectivity index (χ2v) is 10.6. The van der Waals surface area contributed by atoms with Gasteiger partial charge in [-0.2, -0.15) is 0 Å². The number of carbonyl (C=O) groups excluding carboxylic acids is 3. The van der Waals surface area contributed by atoms with Crippen molar-refractivity contribution >= 4 is 77.9 Å². The normalized spacial score (nSPS) is 36.4. The first-order chi connectivity index (χ1) is 12.3. The van der Waals surface area contributed by atoms with Crippen LogP contribution in [0.15, 0.2) is 24.3 Å². The standard InChI is InChI=1S/C18H17Br2IN2O3/c1-7(16(24)22-9-4-2-8(21)3-5-9)23-17(25)12-10-6-11(13(12)18(23)26)15(20)14(10)19/h2-5,7,10-15H,6H2,1H3,(H,22,24)/t7-,10-,11-,12-,13-,14-,15+/m1/s1. The van der Waals surface area contributed by atoms with Crippen LogP contribution in [0.25, 0.3) is 0 Å². The fourth-order valence-corrected chi connectivity index (χ4v) is 6.88. The molecule has 0 radical (unpaired) electrons. The van der Waals surface area contributed by atoms with Crippen LogP contribution in [-0.4, -0.2) is 38.3 Å². The van der Waals surface area contributed by atoms with Gasteiger partial charge in [0.2, 0.25) is 17.7 Å². The Morgan fingerprint density at radius 1 is 1.12 bits per heavy atom. The van der Waals surface area contributed by atoms with E-state index in [9.17, 15) is 14.4 Å². The monoisotopic (exact) mass is 594 g/mol. The number of benzene rings is 1. The van der Waals surface area contributed by atoms with Gasteiger partial charge in [-0.05, 0) is 72.0 Å². The van der Waals surface area contributed by atoms with Gasteiger partial charge in [-0.25, -0.2) is 0 Å². The number of anilines is 1. The van der Waals surface area contributed by atoms with Crippen LogP contribution in [0.4, 0.5) is 5.69 Å². The maximum atomic E-state index is 13.0. The van der Waals surface area contributed by atoms with Gasteiger partial charge in [0.1, 0.15) is 6.04 Å². The number of nitrogens with zero attached hydrogens (tertiary/aromatic N) is 1. The first kappa shape index (κ1) is 18.9. The fourth-order valence-electron chi connectivity index (χ4n) is 4.65. The number of likely N-dealkylation sites (tertiary alicyclic amines) is 1. The molecule has 1 N–H and O–H groups in total. The van der Waals surface area contributed by atoms with E-state index >= 15 is 0 Å². The van der Waals surface area contributed by atoms with Gasteiger partial charge in [-0.15, -0.1) is 0 Å². The maximum Gasteiger partial charge on any atom is 0.247 e. The molecule has 1 aliphatic heterocycles. The number of rotatable bonds is 3. The highest BCUT2D eigenvalue weighted by atomic mass is 127. The molecule has 5 nitrogen and oxygen atoms in total. The van der Waals surface area contributed by atoms with Crippen LogP contribution in [0.3, 0.4) is 0 Å². The van der Waals surface area contributed by atoms with E-state index in [0.717, 1.165) is 9.99 Å². The lowest BCUT2D eigenvalue weighted by Gasteiger charge is -2.28. The van der Waals surface area contributed by atoms with Crippen molar-refractivity contribution in [2.45, 2.75) is 29.0 Å². The maximum absolute atomic E-state index is 13.0. The van der Waals surface area contributed by atoms with Crippen molar-refractivity contribution in [3.05, 3.63) is 27.8 Å². The molecule has 0 unspecified atom stereocenters. The zero-order chi connectivity index (χ0) is 18.7. The molecule has 4 rings (SSSR count). The minimum Gasteiger partial charge on any atom is -0.324 e. The quantitative estimate of drug-likeness (QED) is 0.331. The lowest BCUT2D eigenvalue weighted by atomic mass is 9.81. The Morgan fingerprint density at radius 3 is 2.12 bits per heavy atom. The summed E-state index contributed by atoms with van der Waals surface area (Å²) in [5.41, 5.74) is 0.655. The van der Waals surface area contributed by atoms with E-state index in [1.165, 1.54) is 4.90 Å². The number of fused-ring (bicyclic) bond motifs is 5. The fraction of sp³-hybridized carbons (Fsp3) is 0.500. The van der Waals surface area contributed by atoms with Crippen LogP contribution in [0, 0.1) is 27.2 Å². The van der Waals surface area contributed by atoms with Crippen LogP contribution in [0.5, 0.6) is 0 Å². The molecule has 3 fully saturated rings. The molecule has 0 aromatic heterocycles. The molecule has 26 heavy (non-hydrogen) atoms. The molecule has 1 aromatic carbocycles. The molecular weight excluding hydrogens is 579 g/mol.